The van der Waals surface area contributed by atoms with E-state index in [4.69, 9.17) is 27.7 Å². The summed E-state index contributed by atoms with van der Waals surface area (Å²) in [6.07, 6.45) is 1.10. The first-order valence-corrected chi connectivity index (χ1v) is 13.5. The minimum absolute atomic E-state index is 0.0605. The van der Waals surface area contributed by atoms with Gasteiger partial charge in [-0.2, -0.15) is 0 Å². The van der Waals surface area contributed by atoms with Crippen LogP contribution in [-0.4, -0.2) is 19.1 Å². The molecule has 10 rings (SSSR count). The Morgan fingerprint density at radius 3 is 1.89 bits per heavy atom. The van der Waals surface area contributed by atoms with E-state index in [9.17, 15) is 4.11 Å². The molecule has 0 bridgehead atoms. The van der Waals surface area contributed by atoms with Gasteiger partial charge in [0.2, 0.25) is 0 Å². The highest BCUT2D eigenvalue weighted by Crippen LogP contribution is 2.43. The van der Waals surface area contributed by atoms with Crippen LogP contribution < -0.4 is 0 Å². The van der Waals surface area contributed by atoms with Crippen LogP contribution in [0.2, 0.25) is 0 Å². The van der Waals surface area contributed by atoms with Crippen molar-refractivity contribution in [3.05, 3.63) is 145 Å². The Morgan fingerprint density at radius 1 is 0.533 bits per heavy atom. The lowest BCUT2D eigenvalue weighted by molar-refractivity contribution is 0.662. The summed E-state index contributed by atoms with van der Waals surface area (Å²) >= 11 is 0. The number of nitrogens with zero attached hydrogens (tertiary/aromatic N) is 4. The van der Waals surface area contributed by atoms with Gasteiger partial charge >= 0.3 is 0 Å². The molecule has 0 radical (unpaired) electrons. The molecule has 0 spiro atoms. The Bertz CT molecular complexity index is 3850. The smallest absolute Gasteiger partial charge is 0.197 e. The number of para-hydroxylation sites is 3. The van der Waals surface area contributed by atoms with Gasteiger partial charge in [0.15, 0.2) is 11.4 Å². The zero-order valence-corrected chi connectivity index (χ0v) is 22.5. The maximum atomic E-state index is 9.50. The van der Waals surface area contributed by atoms with Gasteiger partial charge in [0.05, 0.1) is 49.5 Å². The summed E-state index contributed by atoms with van der Waals surface area (Å²) in [5, 5.41) is -1.03. The van der Waals surface area contributed by atoms with Gasteiger partial charge in [-0.05, 0) is 47.4 Å². The molecule has 0 aliphatic rings. The van der Waals surface area contributed by atoms with Gasteiger partial charge in [-0.1, -0.05) is 103 Å². The molecule has 10 aromatic rings. The minimum Gasteiger partial charge on any atom is -0.450 e. The van der Waals surface area contributed by atoms with Crippen molar-refractivity contribution in [2.45, 2.75) is 0 Å². The van der Waals surface area contributed by atoms with Gasteiger partial charge in [-0.15, -0.1) is 0 Å². The van der Waals surface area contributed by atoms with Crippen molar-refractivity contribution in [1.82, 2.24) is 19.1 Å². The molecular formula is C40H24N4O. The van der Waals surface area contributed by atoms with Crippen LogP contribution in [0, 0.1) is 0 Å². The molecule has 0 saturated carbocycles. The van der Waals surface area contributed by atoms with Gasteiger partial charge in [0, 0.05) is 32.6 Å². The summed E-state index contributed by atoms with van der Waals surface area (Å²) in [7, 11) is 0. The number of fused-ring (bicyclic) bond motifs is 10. The molecule has 5 heteroatoms. The molecule has 4 aromatic heterocycles. The molecular weight excluding hydrogens is 552 g/mol. The molecule has 0 amide bonds. The van der Waals surface area contributed by atoms with Crippen LogP contribution in [0.4, 0.5) is 0 Å². The van der Waals surface area contributed by atoms with E-state index in [-0.39, 0.29) is 71.7 Å². The second-order valence-corrected chi connectivity index (χ2v) is 9.98. The number of rotatable bonds is 3. The first-order chi connectivity index (χ1) is 30.6. The van der Waals surface area contributed by atoms with Gasteiger partial charge < -0.3 is 8.98 Å². The van der Waals surface area contributed by atoms with Crippen molar-refractivity contribution in [3.8, 4) is 22.6 Å². The lowest BCUT2D eigenvalue weighted by Crippen LogP contribution is -2.01. The maximum Gasteiger partial charge on any atom is 0.197 e. The third-order valence-corrected chi connectivity index (χ3v) is 7.68. The molecule has 0 aliphatic carbocycles. The molecule has 0 aliphatic heterocycles. The van der Waals surface area contributed by atoms with E-state index in [0.29, 0.717) is 5.39 Å². The molecule has 210 valence electrons. The molecule has 0 unspecified atom stereocenters. The average molecular weight is 597 g/mol. The molecule has 0 N–H and O–H groups in total. The first-order valence-electron chi connectivity index (χ1n) is 23.5. The fraction of sp³-hybridized carbons (Fsp3) is 0. The van der Waals surface area contributed by atoms with Crippen LogP contribution in [-0.2, 0) is 0 Å². The first kappa shape index (κ1) is 12.1. The Labute approximate surface area is 285 Å². The van der Waals surface area contributed by atoms with Gasteiger partial charge in [0.1, 0.15) is 17.4 Å². The highest BCUT2D eigenvalue weighted by molar-refractivity contribution is 6.24. The number of hydrogen-bond acceptors (Lipinski definition) is 3. The van der Waals surface area contributed by atoms with Crippen molar-refractivity contribution in [1.29, 1.82) is 0 Å². The van der Waals surface area contributed by atoms with E-state index in [0.717, 1.165) is 10.9 Å². The summed E-state index contributed by atoms with van der Waals surface area (Å²) in [5.74, 6) is -0.253. The molecule has 0 atom stereocenters. The normalized spacial score (nSPS) is 18.2. The molecule has 0 fully saturated rings. The predicted molar refractivity (Wildman–Crippen MR) is 183 cm³/mol. The number of benzene rings is 6. The standard InChI is InChI=1S/C40H24N4O/c1-3-11-25(12-4-1)26-19-20-32-35(23-26)45-39-36(32)41-24-42-40(39)44-34-18-10-8-16-29(34)31-22-21-30-28-15-7-9-17-33(28)43(37(30)38(31)44)27-13-5-2-6-14-27/h1-24H/i1D,2D,3D,4D,5D,6D,7D,8D,9D,10D,11D,12D,13D,14D,15D,16D,17D,18D,21D,22D. The van der Waals surface area contributed by atoms with E-state index in [2.05, 4.69) is 9.97 Å². The average Bonchev–Trinajstić information content (AvgIpc) is 3.96. The Morgan fingerprint density at radius 2 is 1.16 bits per heavy atom. The highest BCUT2D eigenvalue weighted by atomic mass is 16.3. The number of hydrogen-bond donors (Lipinski definition) is 0. The summed E-state index contributed by atoms with van der Waals surface area (Å²) < 4.78 is 184. The topological polar surface area (TPSA) is 48.8 Å². The SMILES string of the molecule is [2H]c1c([2H])c([2H])c(-c2ccc3c(c2)oc2c(-n4c5c([2H])c([2H])c([2H])c([2H])c5c5c([2H])c([2H])c6c7c([2H])c([2H])c([2H])c([2H])c7n(-c7c([2H])c([2H])c([2H])c([2H])c7[2H])c6c54)ncnc23)c([2H])c1[2H]. The van der Waals surface area contributed by atoms with Crippen LogP contribution in [0.1, 0.15) is 27.4 Å². The largest absolute Gasteiger partial charge is 0.450 e. The Kier molecular flexibility index (Phi) is 2.45. The summed E-state index contributed by atoms with van der Waals surface area (Å²) in [6, 6.07) is -9.44. The second-order valence-electron chi connectivity index (χ2n) is 9.98. The molecule has 4 heterocycles. The van der Waals surface area contributed by atoms with E-state index in [1.54, 1.807) is 0 Å². The number of furan rings is 1. The van der Waals surface area contributed by atoms with E-state index in [1.807, 2.05) is 0 Å². The lowest BCUT2D eigenvalue weighted by atomic mass is 10.0. The lowest BCUT2D eigenvalue weighted by Gasteiger charge is -2.12. The predicted octanol–water partition coefficient (Wildman–Crippen LogP) is 10.2. The monoisotopic (exact) mass is 596 g/mol. The molecule has 6 aromatic carbocycles. The van der Waals surface area contributed by atoms with Crippen LogP contribution in [0.25, 0.3) is 88.3 Å². The van der Waals surface area contributed by atoms with Gasteiger partial charge in [0.25, 0.3) is 0 Å². The third-order valence-electron chi connectivity index (χ3n) is 7.68. The van der Waals surface area contributed by atoms with Gasteiger partial charge in [-0.3, -0.25) is 4.57 Å². The van der Waals surface area contributed by atoms with E-state index < -0.39 is 132 Å². The third kappa shape index (κ3) is 3.38. The van der Waals surface area contributed by atoms with Crippen molar-refractivity contribution < 1.29 is 31.8 Å². The van der Waals surface area contributed by atoms with Crippen molar-refractivity contribution >= 4 is 65.7 Å². The minimum atomic E-state index is -0.820. The fourth-order valence-corrected chi connectivity index (χ4v) is 5.87. The van der Waals surface area contributed by atoms with Crippen LogP contribution in [0.5, 0.6) is 0 Å². The summed E-state index contributed by atoms with van der Waals surface area (Å²) in [6.45, 7) is 0. The summed E-state index contributed by atoms with van der Waals surface area (Å²) in [4.78, 5) is 8.96. The summed E-state index contributed by atoms with van der Waals surface area (Å²) in [5.41, 5.74) is -1.98. The highest BCUT2D eigenvalue weighted by Gasteiger charge is 2.24. The van der Waals surface area contributed by atoms with Crippen LogP contribution in [0.3, 0.4) is 0 Å². The van der Waals surface area contributed by atoms with Crippen LogP contribution >= 0.6 is 0 Å². The van der Waals surface area contributed by atoms with Crippen molar-refractivity contribution in [2.75, 3.05) is 0 Å². The molecule has 5 nitrogen and oxygen atoms in total. The molecule has 45 heavy (non-hydrogen) atoms. The Balaban J connectivity index is 1.48. The Hall–Kier alpha value is -6.20. The van der Waals surface area contributed by atoms with Crippen molar-refractivity contribution in [2.24, 2.45) is 0 Å². The van der Waals surface area contributed by atoms with Crippen molar-refractivity contribution in [3.63, 3.8) is 0 Å². The zero-order valence-electron chi connectivity index (χ0n) is 42.5. The second kappa shape index (κ2) is 9.15. The number of aromatic nitrogens is 4. The van der Waals surface area contributed by atoms with Gasteiger partial charge in [-0.25, -0.2) is 9.97 Å². The van der Waals surface area contributed by atoms with E-state index >= 15 is 0 Å². The fourth-order valence-electron chi connectivity index (χ4n) is 5.87. The quantitative estimate of drug-likeness (QED) is 0.204. The maximum absolute atomic E-state index is 9.50. The van der Waals surface area contributed by atoms with Crippen LogP contribution in [0.15, 0.2) is 150 Å². The van der Waals surface area contributed by atoms with E-state index in [1.165, 1.54) is 22.8 Å². The molecule has 0 saturated heterocycles. The zero-order chi connectivity index (χ0) is 46.9.